The zero-order chi connectivity index (χ0) is 27.2. The summed E-state index contributed by atoms with van der Waals surface area (Å²) in [6, 6.07) is 0. The van der Waals surface area contributed by atoms with E-state index in [1.807, 2.05) is 13.8 Å². The minimum Gasteiger partial charge on any atom is -0.462 e. The van der Waals surface area contributed by atoms with Gasteiger partial charge < -0.3 is 23.8 Å². The molecule has 2 saturated carbocycles. The van der Waals surface area contributed by atoms with Gasteiger partial charge in [0.05, 0.1) is 5.92 Å². The molecular formula is C28H43NO8. The second-order valence-electron chi connectivity index (χ2n) is 9.73. The van der Waals surface area contributed by atoms with Gasteiger partial charge in [0.25, 0.3) is 0 Å². The third-order valence-electron chi connectivity index (χ3n) is 7.13. The minimum absolute atomic E-state index is 0.136. The molecule has 0 spiro atoms. The highest BCUT2D eigenvalue weighted by Gasteiger charge is 2.31. The number of hydrogen-bond donors (Lipinski definition) is 0. The van der Waals surface area contributed by atoms with Crippen molar-refractivity contribution in [2.24, 2.45) is 5.92 Å². The third-order valence-corrected chi connectivity index (χ3v) is 7.13. The van der Waals surface area contributed by atoms with Gasteiger partial charge in [-0.15, -0.1) is 0 Å². The second kappa shape index (κ2) is 16.2. The molecule has 2 fully saturated rings. The average molecular weight is 522 g/mol. The Morgan fingerprint density at radius 2 is 1.14 bits per heavy atom. The van der Waals surface area contributed by atoms with Crippen LogP contribution in [0.15, 0.2) is 25.3 Å². The van der Waals surface area contributed by atoms with Crippen molar-refractivity contribution in [1.82, 2.24) is 4.90 Å². The fourth-order valence-electron chi connectivity index (χ4n) is 4.84. The molecule has 0 radical (unpaired) electrons. The zero-order valence-corrected chi connectivity index (χ0v) is 22.4. The molecule has 2 aliphatic rings. The summed E-state index contributed by atoms with van der Waals surface area (Å²) in [4.78, 5) is 50.6. The van der Waals surface area contributed by atoms with E-state index in [1.54, 1.807) is 0 Å². The van der Waals surface area contributed by atoms with Crippen molar-refractivity contribution < 1.29 is 38.1 Å². The van der Waals surface area contributed by atoms with Crippen LogP contribution in [-0.4, -0.2) is 72.8 Å². The van der Waals surface area contributed by atoms with Gasteiger partial charge in [-0.2, -0.15) is 0 Å². The van der Waals surface area contributed by atoms with E-state index in [0.29, 0.717) is 64.3 Å². The van der Waals surface area contributed by atoms with Crippen LogP contribution in [0.25, 0.3) is 0 Å². The molecule has 0 heterocycles. The highest BCUT2D eigenvalue weighted by atomic mass is 16.6. The number of ether oxygens (including phenoxy) is 4. The van der Waals surface area contributed by atoms with Gasteiger partial charge in [-0.05, 0) is 70.9 Å². The van der Waals surface area contributed by atoms with Gasteiger partial charge >= 0.3 is 23.9 Å². The van der Waals surface area contributed by atoms with Crippen LogP contribution in [0.5, 0.6) is 0 Å². The minimum atomic E-state index is -0.434. The Labute approximate surface area is 220 Å². The number of hydrogen-bond acceptors (Lipinski definition) is 9. The molecule has 0 amide bonds. The molecule has 2 aliphatic carbocycles. The van der Waals surface area contributed by atoms with Gasteiger partial charge in [0.2, 0.25) is 0 Å². The molecule has 1 atom stereocenters. The molecule has 0 N–H and O–H groups in total. The first-order valence-electron chi connectivity index (χ1n) is 13.6. The number of carbonyl (C=O) groups is 4. The lowest BCUT2D eigenvalue weighted by Gasteiger charge is -2.30. The predicted molar refractivity (Wildman–Crippen MR) is 137 cm³/mol. The number of nitrogens with zero attached hydrogens (tertiary/aromatic N) is 1. The summed E-state index contributed by atoms with van der Waals surface area (Å²) in [5.74, 6) is -1.92. The van der Waals surface area contributed by atoms with E-state index in [-0.39, 0.29) is 42.8 Å². The van der Waals surface area contributed by atoms with Crippen molar-refractivity contribution >= 4 is 23.9 Å². The van der Waals surface area contributed by atoms with Gasteiger partial charge in [0.1, 0.15) is 24.4 Å². The molecule has 0 aromatic heterocycles. The van der Waals surface area contributed by atoms with E-state index >= 15 is 0 Å². The predicted octanol–water partition coefficient (Wildman–Crippen LogP) is 3.89. The molecule has 0 aliphatic heterocycles. The van der Waals surface area contributed by atoms with Crippen LogP contribution in [-0.2, 0) is 38.1 Å². The van der Waals surface area contributed by atoms with E-state index in [1.165, 1.54) is 0 Å². The lowest BCUT2D eigenvalue weighted by atomic mass is 9.94. The number of carbonyl (C=O) groups excluding carboxylic acids is 4. The molecule has 0 aromatic carbocycles. The fourth-order valence-corrected chi connectivity index (χ4v) is 4.84. The Morgan fingerprint density at radius 1 is 0.730 bits per heavy atom. The number of rotatable bonds is 14. The summed E-state index contributed by atoms with van der Waals surface area (Å²) in [5, 5.41) is 0. The van der Waals surface area contributed by atoms with E-state index in [4.69, 9.17) is 18.9 Å². The van der Waals surface area contributed by atoms with Gasteiger partial charge in [-0.3, -0.25) is 9.59 Å². The van der Waals surface area contributed by atoms with Crippen molar-refractivity contribution in [3.63, 3.8) is 0 Å². The zero-order valence-electron chi connectivity index (χ0n) is 22.4. The third kappa shape index (κ3) is 11.1. The molecule has 37 heavy (non-hydrogen) atoms. The van der Waals surface area contributed by atoms with Crippen LogP contribution in [0, 0.1) is 5.92 Å². The molecule has 9 nitrogen and oxygen atoms in total. The maximum Gasteiger partial charge on any atom is 0.330 e. The normalized spacial score (nSPS) is 24.4. The topological polar surface area (TPSA) is 108 Å². The Hall–Kier alpha value is -2.68. The lowest BCUT2D eigenvalue weighted by molar-refractivity contribution is -0.161. The molecule has 1 unspecified atom stereocenters. The summed E-state index contributed by atoms with van der Waals surface area (Å²) in [5.41, 5.74) is 0. The molecule has 9 heteroatoms. The maximum atomic E-state index is 13.1. The van der Waals surface area contributed by atoms with Gasteiger partial charge in [-0.25, -0.2) is 9.59 Å². The summed E-state index contributed by atoms with van der Waals surface area (Å²) < 4.78 is 22.0. The monoisotopic (exact) mass is 521 g/mol. The first-order chi connectivity index (χ1) is 17.8. The average Bonchev–Trinajstić information content (AvgIpc) is 2.90. The molecule has 2 rings (SSSR count). The van der Waals surface area contributed by atoms with Gasteiger partial charge in [0, 0.05) is 25.1 Å². The summed E-state index contributed by atoms with van der Waals surface area (Å²) in [6.07, 6.45) is 7.12. The maximum absolute atomic E-state index is 13.1. The van der Waals surface area contributed by atoms with Crippen molar-refractivity contribution in [3.05, 3.63) is 25.3 Å². The summed E-state index contributed by atoms with van der Waals surface area (Å²) in [6.45, 7) is 13.0. The molecular weight excluding hydrogens is 478 g/mol. The largest absolute Gasteiger partial charge is 0.462 e. The Kier molecular flexibility index (Phi) is 13.4. The standard InChI is InChI=1S/C28H43NO8/c1-5-25(30)34-21-10-12-23(13-11-21)36-27(32)18-9-20(19-29(7-3)8-4)28(33)37-24-16-14-22(15-17-24)35-26(31)6-2/h5-6,20-24H,1-2,7-19H2,3-4H3. The van der Waals surface area contributed by atoms with Crippen molar-refractivity contribution in [3.8, 4) is 0 Å². The highest BCUT2D eigenvalue weighted by Crippen LogP contribution is 2.27. The first-order valence-corrected chi connectivity index (χ1v) is 13.6. The van der Waals surface area contributed by atoms with Crippen LogP contribution in [0.4, 0.5) is 0 Å². The van der Waals surface area contributed by atoms with Crippen LogP contribution < -0.4 is 0 Å². The van der Waals surface area contributed by atoms with Crippen LogP contribution in [0.3, 0.4) is 0 Å². The van der Waals surface area contributed by atoms with Crippen molar-refractivity contribution in [2.75, 3.05) is 19.6 Å². The van der Waals surface area contributed by atoms with Crippen molar-refractivity contribution in [2.45, 2.75) is 102 Å². The highest BCUT2D eigenvalue weighted by molar-refractivity contribution is 5.81. The van der Waals surface area contributed by atoms with Crippen molar-refractivity contribution in [1.29, 1.82) is 0 Å². The Bertz CT molecular complexity index is 777. The number of esters is 4. The summed E-state index contributed by atoms with van der Waals surface area (Å²) in [7, 11) is 0. The molecule has 0 saturated heterocycles. The van der Waals surface area contributed by atoms with E-state index in [0.717, 1.165) is 25.2 Å². The molecule has 0 aromatic rings. The quantitative estimate of drug-likeness (QED) is 0.191. The fraction of sp³-hybridized carbons (Fsp3) is 0.714. The van der Waals surface area contributed by atoms with E-state index < -0.39 is 17.9 Å². The van der Waals surface area contributed by atoms with Crippen LogP contribution >= 0.6 is 0 Å². The van der Waals surface area contributed by atoms with Crippen LogP contribution in [0.2, 0.25) is 0 Å². The van der Waals surface area contributed by atoms with E-state index in [9.17, 15) is 19.2 Å². The Balaban J connectivity index is 1.81. The van der Waals surface area contributed by atoms with Crippen LogP contribution in [0.1, 0.15) is 78.1 Å². The second-order valence-corrected chi connectivity index (χ2v) is 9.73. The summed E-state index contributed by atoms with van der Waals surface area (Å²) >= 11 is 0. The van der Waals surface area contributed by atoms with Gasteiger partial charge in [0.15, 0.2) is 0 Å². The smallest absolute Gasteiger partial charge is 0.330 e. The van der Waals surface area contributed by atoms with E-state index in [2.05, 4.69) is 18.1 Å². The Morgan fingerprint density at radius 3 is 1.54 bits per heavy atom. The molecule has 208 valence electrons. The lowest BCUT2D eigenvalue weighted by Crippen LogP contribution is -2.37. The van der Waals surface area contributed by atoms with Gasteiger partial charge in [-0.1, -0.05) is 27.0 Å². The molecule has 0 bridgehead atoms. The first kappa shape index (κ1) is 30.5. The SMILES string of the molecule is C=CC(=O)OC1CCC(OC(=O)CCC(CN(CC)CC)C(=O)OC2CCC(OC(=O)C=C)CC2)CC1.